The number of hydrogen-bond acceptors (Lipinski definition) is 4. The molecule has 0 saturated carbocycles. The minimum atomic E-state index is -0.305. The number of nitrogens with one attached hydrogen (secondary N) is 2. The molecule has 2 N–H and O–H groups in total. The standard InChI is InChI=1S/C17H13FN4O/c18-13-6-8-14(9-7-13)19-15-10-11-16(22-21-15)20-17(23)12-4-2-1-3-5-12/h1-11H,(H,19,21)(H,20,22,23). The summed E-state index contributed by atoms with van der Waals surface area (Å²) in [7, 11) is 0. The number of aromatic nitrogens is 2. The van der Waals surface area contributed by atoms with E-state index in [4.69, 9.17) is 0 Å². The molecule has 3 aromatic rings. The first kappa shape index (κ1) is 14.6. The molecule has 1 amide bonds. The van der Waals surface area contributed by atoms with Crippen molar-refractivity contribution in [3.05, 3.63) is 78.1 Å². The third kappa shape index (κ3) is 3.88. The average molecular weight is 308 g/mol. The van der Waals surface area contributed by atoms with Gasteiger partial charge in [-0.15, -0.1) is 10.2 Å². The second-order valence-electron chi connectivity index (χ2n) is 4.76. The van der Waals surface area contributed by atoms with Gasteiger partial charge in [0.2, 0.25) is 0 Å². The van der Waals surface area contributed by atoms with Crippen molar-refractivity contribution in [1.29, 1.82) is 0 Å². The van der Waals surface area contributed by atoms with Crippen molar-refractivity contribution in [3.8, 4) is 0 Å². The Morgan fingerprint density at radius 1 is 0.826 bits per heavy atom. The van der Waals surface area contributed by atoms with Crippen LogP contribution in [0.2, 0.25) is 0 Å². The Labute approximate surface area is 132 Å². The van der Waals surface area contributed by atoms with Crippen molar-refractivity contribution in [1.82, 2.24) is 10.2 Å². The Bertz CT molecular complexity index is 789. The molecule has 0 atom stereocenters. The number of rotatable bonds is 4. The SMILES string of the molecule is O=C(Nc1ccc(Nc2ccc(F)cc2)nn1)c1ccccc1. The van der Waals surface area contributed by atoms with E-state index in [-0.39, 0.29) is 11.7 Å². The molecule has 1 aromatic heterocycles. The molecule has 114 valence electrons. The molecule has 5 nitrogen and oxygen atoms in total. The lowest BCUT2D eigenvalue weighted by Gasteiger charge is -2.06. The van der Waals surface area contributed by atoms with Crippen molar-refractivity contribution in [2.45, 2.75) is 0 Å². The average Bonchev–Trinajstić information content (AvgIpc) is 2.59. The smallest absolute Gasteiger partial charge is 0.256 e. The van der Waals surface area contributed by atoms with E-state index in [1.54, 1.807) is 48.5 Å². The zero-order valence-corrected chi connectivity index (χ0v) is 12.0. The molecule has 0 aliphatic rings. The summed E-state index contributed by atoms with van der Waals surface area (Å²) in [5, 5.41) is 13.6. The van der Waals surface area contributed by atoms with Crippen molar-refractivity contribution >= 4 is 23.2 Å². The molecular formula is C17H13FN4O. The van der Waals surface area contributed by atoms with Gasteiger partial charge in [-0.3, -0.25) is 4.79 Å². The number of amides is 1. The molecule has 0 aliphatic heterocycles. The van der Waals surface area contributed by atoms with Crippen LogP contribution in [-0.4, -0.2) is 16.1 Å². The predicted octanol–water partition coefficient (Wildman–Crippen LogP) is 3.61. The zero-order chi connectivity index (χ0) is 16.1. The highest BCUT2D eigenvalue weighted by molar-refractivity contribution is 6.03. The molecule has 0 fully saturated rings. The molecule has 0 bridgehead atoms. The van der Waals surface area contributed by atoms with Crippen LogP contribution in [0.15, 0.2) is 66.7 Å². The van der Waals surface area contributed by atoms with Crippen LogP contribution in [0.25, 0.3) is 0 Å². The summed E-state index contributed by atoms with van der Waals surface area (Å²) in [6, 6.07) is 18.1. The Hall–Kier alpha value is -3.28. The summed E-state index contributed by atoms with van der Waals surface area (Å²) in [4.78, 5) is 12.0. The summed E-state index contributed by atoms with van der Waals surface area (Å²) in [6.45, 7) is 0. The van der Waals surface area contributed by atoms with Gasteiger partial charge in [0, 0.05) is 11.3 Å². The van der Waals surface area contributed by atoms with Crippen LogP contribution in [0.5, 0.6) is 0 Å². The Morgan fingerprint density at radius 2 is 1.48 bits per heavy atom. The number of carbonyl (C=O) groups is 1. The summed E-state index contributed by atoms with van der Waals surface area (Å²) in [6.07, 6.45) is 0. The third-order valence-electron chi connectivity index (χ3n) is 3.06. The molecule has 1 heterocycles. The van der Waals surface area contributed by atoms with Crippen molar-refractivity contribution in [2.75, 3.05) is 10.6 Å². The number of halogens is 1. The van der Waals surface area contributed by atoms with Crippen molar-refractivity contribution in [2.24, 2.45) is 0 Å². The van der Waals surface area contributed by atoms with Crippen molar-refractivity contribution < 1.29 is 9.18 Å². The van der Waals surface area contributed by atoms with Gasteiger partial charge in [-0.2, -0.15) is 0 Å². The number of benzene rings is 2. The van der Waals surface area contributed by atoms with Gasteiger partial charge >= 0.3 is 0 Å². The summed E-state index contributed by atoms with van der Waals surface area (Å²) in [5.41, 5.74) is 1.24. The second-order valence-corrected chi connectivity index (χ2v) is 4.76. The van der Waals surface area contributed by atoms with Gasteiger partial charge in [0.05, 0.1) is 0 Å². The maximum atomic E-state index is 12.8. The fourth-order valence-electron chi connectivity index (χ4n) is 1.92. The van der Waals surface area contributed by atoms with E-state index in [2.05, 4.69) is 20.8 Å². The van der Waals surface area contributed by atoms with Gasteiger partial charge in [0.15, 0.2) is 11.6 Å². The molecule has 23 heavy (non-hydrogen) atoms. The quantitative estimate of drug-likeness (QED) is 0.772. The molecule has 0 aliphatic carbocycles. The minimum Gasteiger partial charge on any atom is -0.339 e. The summed E-state index contributed by atoms with van der Waals surface area (Å²) < 4.78 is 12.8. The van der Waals surface area contributed by atoms with Crippen LogP contribution < -0.4 is 10.6 Å². The lowest BCUT2D eigenvalue weighted by atomic mass is 10.2. The molecule has 2 aromatic carbocycles. The first-order chi connectivity index (χ1) is 11.2. The summed E-state index contributed by atoms with van der Waals surface area (Å²) >= 11 is 0. The highest BCUT2D eigenvalue weighted by atomic mass is 19.1. The van der Waals surface area contributed by atoms with Crippen LogP contribution in [0.4, 0.5) is 21.7 Å². The molecule has 0 spiro atoms. The van der Waals surface area contributed by atoms with Crippen LogP contribution >= 0.6 is 0 Å². The van der Waals surface area contributed by atoms with E-state index >= 15 is 0 Å². The van der Waals surface area contributed by atoms with E-state index in [0.717, 1.165) is 0 Å². The van der Waals surface area contributed by atoms with Gasteiger partial charge in [-0.25, -0.2) is 4.39 Å². The normalized spacial score (nSPS) is 10.1. The highest BCUT2D eigenvalue weighted by Crippen LogP contribution is 2.15. The molecule has 3 rings (SSSR count). The van der Waals surface area contributed by atoms with E-state index in [9.17, 15) is 9.18 Å². The Morgan fingerprint density at radius 3 is 2.13 bits per heavy atom. The maximum absolute atomic E-state index is 12.8. The van der Waals surface area contributed by atoms with E-state index in [1.807, 2.05) is 6.07 Å². The molecule has 0 unspecified atom stereocenters. The van der Waals surface area contributed by atoms with Crippen LogP contribution in [-0.2, 0) is 0 Å². The summed E-state index contributed by atoms with van der Waals surface area (Å²) in [5.74, 6) is 0.289. The third-order valence-corrected chi connectivity index (χ3v) is 3.06. The molecular weight excluding hydrogens is 295 g/mol. The van der Waals surface area contributed by atoms with E-state index < -0.39 is 0 Å². The van der Waals surface area contributed by atoms with Gasteiger partial charge in [0.25, 0.3) is 5.91 Å². The Balaban J connectivity index is 1.65. The first-order valence-electron chi connectivity index (χ1n) is 6.93. The predicted molar refractivity (Wildman–Crippen MR) is 86.1 cm³/mol. The number of anilines is 3. The monoisotopic (exact) mass is 308 g/mol. The fraction of sp³-hybridized carbons (Fsp3) is 0. The van der Waals surface area contributed by atoms with Gasteiger partial charge in [-0.1, -0.05) is 18.2 Å². The Kier molecular flexibility index (Phi) is 4.24. The highest BCUT2D eigenvalue weighted by Gasteiger charge is 2.06. The first-order valence-corrected chi connectivity index (χ1v) is 6.93. The van der Waals surface area contributed by atoms with Gasteiger partial charge in [0.1, 0.15) is 5.82 Å². The topological polar surface area (TPSA) is 66.9 Å². The van der Waals surface area contributed by atoms with Crippen LogP contribution in [0.1, 0.15) is 10.4 Å². The lowest BCUT2D eigenvalue weighted by Crippen LogP contribution is -2.13. The van der Waals surface area contributed by atoms with Gasteiger partial charge < -0.3 is 10.6 Å². The van der Waals surface area contributed by atoms with E-state index in [1.165, 1.54) is 12.1 Å². The second kappa shape index (κ2) is 6.65. The van der Waals surface area contributed by atoms with Gasteiger partial charge in [-0.05, 0) is 48.5 Å². The minimum absolute atomic E-state index is 0.251. The molecule has 0 radical (unpaired) electrons. The maximum Gasteiger partial charge on any atom is 0.256 e. The number of nitrogens with zero attached hydrogens (tertiary/aromatic N) is 2. The molecule has 6 heteroatoms. The molecule has 0 saturated heterocycles. The largest absolute Gasteiger partial charge is 0.339 e. The zero-order valence-electron chi connectivity index (χ0n) is 12.0. The van der Waals surface area contributed by atoms with Crippen LogP contribution in [0.3, 0.4) is 0 Å². The van der Waals surface area contributed by atoms with Crippen molar-refractivity contribution in [3.63, 3.8) is 0 Å². The number of hydrogen-bond donors (Lipinski definition) is 2. The number of carbonyl (C=O) groups excluding carboxylic acids is 1. The lowest BCUT2D eigenvalue weighted by molar-refractivity contribution is 0.102. The van der Waals surface area contributed by atoms with Crippen LogP contribution in [0, 0.1) is 5.82 Å². The fourth-order valence-corrected chi connectivity index (χ4v) is 1.92. The van der Waals surface area contributed by atoms with E-state index in [0.29, 0.717) is 22.9 Å².